The smallest absolute Gasteiger partial charge is 0.256 e. The topological polar surface area (TPSA) is 71.8 Å². The molecule has 7 heteroatoms. The van der Waals surface area contributed by atoms with Crippen molar-refractivity contribution >= 4 is 23.1 Å². The van der Waals surface area contributed by atoms with Gasteiger partial charge in [0.25, 0.3) is 5.91 Å². The molecular formula is C20H23N5OS. The van der Waals surface area contributed by atoms with Crippen molar-refractivity contribution in [2.45, 2.75) is 45.3 Å². The van der Waals surface area contributed by atoms with Gasteiger partial charge in [0.2, 0.25) is 0 Å². The van der Waals surface area contributed by atoms with Crippen molar-refractivity contribution in [2.75, 3.05) is 5.32 Å². The number of carbonyl (C=O) groups is 1. The van der Waals surface area contributed by atoms with E-state index >= 15 is 0 Å². The molecule has 2 aromatic heterocycles. The molecule has 1 amide bonds. The number of aryl methyl sites for hydroxylation is 1. The standard InChI is InChI=1S/C20H23N5OS/c1-13-10-22-19(27-13)16-9-20(2,3)25-17(24-16)15(12-23-25)18(26)21-11-14-7-5-4-6-8-14/h4-8,10,12,16,24H,9,11H2,1-3H3,(H,21,26). The highest BCUT2D eigenvalue weighted by molar-refractivity contribution is 7.11. The monoisotopic (exact) mass is 381 g/mol. The molecule has 0 radical (unpaired) electrons. The van der Waals surface area contributed by atoms with Crippen LogP contribution < -0.4 is 10.6 Å². The Bertz CT molecular complexity index is 960. The van der Waals surface area contributed by atoms with Gasteiger partial charge in [-0.2, -0.15) is 5.10 Å². The zero-order valence-corrected chi connectivity index (χ0v) is 16.5. The highest BCUT2D eigenvalue weighted by Crippen LogP contribution is 2.40. The van der Waals surface area contributed by atoms with Gasteiger partial charge < -0.3 is 10.6 Å². The molecule has 27 heavy (non-hydrogen) atoms. The summed E-state index contributed by atoms with van der Waals surface area (Å²) in [4.78, 5) is 18.5. The lowest BCUT2D eigenvalue weighted by atomic mass is 9.93. The number of carbonyl (C=O) groups excluding carboxylic acids is 1. The molecule has 1 unspecified atom stereocenters. The minimum atomic E-state index is -0.206. The molecular weight excluding hydrogens is 358 g/mol. The highest BCUT2D eigenvalue weighted by atomic mass is 32.1. The molecule has 0 saturated heterocycles. The number of benzene rings is 1. The van der Waals surface area contributed by atoms with Crippen molar-refractivity contribution in [3.63, 3.8) is 0 Å². The Morgan fingerprint density at radius 1 is 1.33 bits per heavy atom. The first-order chi connectivity index (χ1) is 12.9. The number of thiazole rings is 1. The third kappa shape index (κ3) is 3.47. The molecule has 1 aromatic carbocycles. The second kappa shape index (κ2) is 6.81. The number of amides is 1. The van der Waals surface area contributed by atoms with E-state index in [2.05, 4.69) is 41.5 Å². The van der Waals surface area contributed by atoms with Crippen LogP contribution in [0.15, 0.2) is 42.7 Å². The maximum absolute atomic E-state index is 12.8. The quantitative estimate of drug-likeness (QED) is 0.720. The average Bonchev–Trinajstić information content (AvgIpc) is 3.27. The molecule has 0 bridgehead atoms. The van der Waals surface area contributed by atoms with Crippen molar-refractivity contribution in [2.24, 2.45) is 0 Å². The Hall–Kier alpha value is -2.67. The lowest BCUT2D eigenvalue weighted by molar-refractivity contribution is 0.0951. The van der Waals surface area contributed by atoms with E-state index in [-0.39, 0.29) is 17.5 Å². The van der Waals surface area contributed by atoms with Crippen LogP contribution in [0.25, 0.3) is 0 Å². The predicted octanol–water partition coefficient (Wildman–Crippen LogP) is 3.87. The summed E-state index contributed by atoms with van der Waals surface area (Å²) in [6.07, 6.45) is 4.41. The first kappa shape index (κ1) is 17.7. The second-order valence-corrected chi connectivity index (χ2v) is 8.78. The first-order valence-electron chi connectivity index (χ1n) is 9.03. The van der Waals surface area contributed by atoms with E-state index in [1.165, 1.54) is 4.88 Å². The fraction of sp³-hybridized carbons (Fsp3) is 0.350. The molecule has 2 N–H and O–H groups in total. The summed E-state index contributed by atoms with van der Waals surface area (Å²) in [6.45, 7) is 6.83. The number of nitrogens with zero attached hydrogens (tertiary/aromatic N) is 3. The summed E-state index contributed by atoms with van der Waals surface area (Å²) in [6, 6.07) is 9.96. The van der Waals surface area contributed by atoms with Gasteiger partial charge in [0.15, 0.2) is 0 Å². The van der Waals surface area contributed by atoms with Crippen LogP contribution in [-0.2, 0) is 12.1 Å². The van der Waals surface area contributed by atoms with Crippen LogP contribution in [-0.4, -0.2) is 20.7 Å². The van der Waals surface area contributed by atoms with Gasteiger partial charge in [0.1, 0.15) is 16.4 Å². The van der Waals surface area contributed by atoms with Crippen molar-refractivity contribution < 1.29 is 4.79 Å². The molecule has 3 heterocycles. The van der Waals surface area contributed by atoms with Crippen LogP contribution >= 0.6 is 11.3 Å². The van der Waals surface area contributed by atoms with Crippen LogP contribution in [0.1, 0.15) is 52.1 Å². The normalized spacial score (nSPS) is 17.8. The number of anilines is 1. The molecule has 0 fully saturated rings. The van der Waals surface area contributed by atoms with Gasteiger partial charge in [-0.15, -0.1) is 11.3 Å². The number of aromatic nitrogens is 3. The van der Waals surface area contributed by atoms with E-state index in [0.717, 1.165) is 22.8 Å². The molecule has 0 saturated carbocycles. The first-order valence-corrected chi connectivity index (χ1v) is 9.85. The van der Waals surface area contributed by atoms with Crippen LogP contribution in [0.4, 0.5) is 5.82 Å². The van der Waals surface area contributed by atoms with Gasteiger partial charge in [-0.3, -0.25) is 4.79 Å². The lowest BCUT2D eigenvalue weighted by Gasteiger charge is -2.37. The zero-order valence-electron chi connectivity index (χ0n) is 15.7. The summed E-state index contributed by atoms with van der Waals surface area (Å²) < 4.78 is 1.92. The van der Waals surface area contributed by atoms with Crippen LogP contribution in [0.2, 0.25) is 0 Å². The summed E-state index contributed by atoms with van der Waals surface area (Å²) in [5.41, 5.74) is 1.43. The summed E-state index contributed by atoms with van der Waals surface area (Å²) in [7, 11) is 0. The maximum atomic E-state index is 12.8. The molecule has 6 nitrogen and oxygen atoms in total. The molecule has 3 aromatic rings. The average molecular weight is 382 g/mol. The van der Waals surface area contributed by atoms with Crippen molar-refractivity contribution in [3.05, 3.63) is 63.7 Å². The molecule has 0 spiro atoms. The van der Waals surface area contributed by atoms with E-state index in [1.54, 1.807) is 17.5 Å². The number of rotatable bonds is 4. The number of fused-ring (bicyclic) bond motifs is 1. The van der Waals surface area contributed by atoms with Gasteiger partial charge in [0, 0.05) is 17.6 Å². The minimum Gasteiger partial charge on any atom is -0.360 e. The van der Waals surface area contributed by atoms with E-state index in [0.29, 0.717) is 12.1 Å². The highest BCUT2D eigenvalue weighted by Gasteiger charge is 2.37. The minimum absolute atomic E-state index is 0.0728. The molecule has 1 aliphatic heterocycles. The van der Waals surface area contributed by atoms with Gasteiger partial charge in [-0.25, -0.2) is 9.67 Å². The van der Waals surface area contributed by atoms with E-state index in [9.17, 15) is 4.79 Å². The Morgan fingerprint density at radius 3 is 2.81 bits per heavy atom. The maximum Gasteiger partial charge on any atom is 0.256 e. The Labute approximate surface area is 162 Å². The fourth-order valence-electron chi connectivity index (χ4n) is 3.47. The van der Waals surface area contributed by atoms with Crippen molar-refractivity contribution in [1.82, 2.24) is 20.1 Å². The van der Waals surface area contributed by atoms with Gasteiger partial charge in [-0.05, 0) is 32.8 Å². The predicted molar refractivity (Wildman–Crippen MR) is 107 cm³/mol. The third-order valence-corrected chi connectivity index (χ3v) is 5.86. The summed E-state index contributed by atoms with van der Waals surface area (Å²) >= 11 is 1.69. The largest absolute Gasteiger partial charge is 0.360 e. The van der Waals surface area contributed by atoms with Crippen LogP contribution in [0, 0.1) is 6.92 Å². The number of hydrogen-bond donors (Lipinski definition) is 2. The van der Waals surface area contributed by atoms with Crippen molar-refractivity contribution in [1.29, 1.82) is 0 Å². The SMILES string of the molecule is Cc1cnc(C2CC(C)(C)n3ncc(C(=O)NCc4ccccc4)c3N2)s1. The Balaban J connectivity index is 1.58. The third-order valence-electron chi connectivity index (χ3n) is 4.83. The molecule has 4 rings (SSSR count). The molecule has 1 atom stereocenters. The Kier molecular flexibility index (Phi) is 4.47. The van der Waals surface area contributed by atoms with Gasteiger partial charge >= 0.3 is 0 Å². The van der Waals surface area contributed by atoms with Crippen molar-refractivity contribution in [3.8, 4) is 0 Å². The summed E-state index contributed by atoms with van der Waals surface area (Å²) in [5, 5.41) is 12.0. The molecule has 0 aliphatic carbocycles. The second-order valence-electron chi connectivity index (χ2n) is 7.51. The van der Waals surface area contributed by atoms with E-state index in [4.69, 9.17) is 0 Å². The molecule has 140 valence electrons. The van der Waals surface area contributed by atoms with Crippen LogP contribution in [0.5, 0.6) is 0 Å². The van der Waals surface area contributed by atoms with E-state index < -0.39 is 0 Å². The Morgan fingerprint density at radius 2 is 2.11 bits per heavy atom. The number of hydrogen-bond acceptors (Lipinski definition) is 5. The van der Waals surface area contributed by atoms with Gasteiger partial charge in [0.05, 0.1) is 17.8 Å². The van der Waals surface area contributed by atoms with Gasteiger partial charge in [-0.1, -0.05) is 30.3 Å². The molecule has 1 aliphatic rings. The zero-order chi connectivity index (χ0) is 19.0. The van der Waals surface area contributed by atoms with Crippen LogP contribution in [0.3, 0.4) is 0 Å². The van der Waals surface area contributed by atoms with E-state index in [1.807, 2.05) is 41.2 Å². The summed E-state index contributed by atoms with van der Waals surface area (Å²) in [5.74, 6) is 0.633. The lowest BCUT2D eigenvalue weighted by Crippen LogP contribution is -2.38. The fourth-order valence-corrected chi connectivity index (χ4v) is 4.30. The number of nitrogens with one attached hydrogen (secondary N) is 2.